The van der Waals surface area contributed by atoms with E-state index >= 15 is 0 Å². The van der Waals surface area contributed by atoms with Crippen molar-refractivity contribution >= 4 is 5.69 Å². The number of anilines is 1. The number of hydrogen-bond acceptors (Lipinski definition) is 2. The highest BCUT2D eigenvalue weighted by molar-refractivity contribution is 5.50. The van der Waals surface area contributed by atoms with Crippen LogP contribution in [0.2, 0.25) is 0 Å². The van der Waals surface area contributed by atoms with Gasteiger partial charge in [0.05, 0.1) is 5.69 Å². The van der Waals surface area contributed by atoms with Crippen LogP contribution in [0.5, 0.6) is 0 Å². The van der Waals surface area contributed by atoms with Gasteiger partial charge in [0.2, 0.25) is 0 Å². The lowest BCUT2D eigenvalue weighted by Crippen LogP contribution is -2.50. The Bertz CT molecular complexity index is 507. The Hall–Kier alpha value is -1.09. The van der Waals surface area contributed by atoms with Gasteiger partial charge in [0.15, 0.2) is 0 Å². The fourth-order valence-electron chi connectivity index (χ4n) is 3.83. The minimum Gasteiger partial charge on any atom is -0.367 e. The van der Waals surface area contributed by atoms with Gasteiger partial charge in [0.1, 0.15) is 5.82 Å². The first kappa shape index (κ1) is 15.8. The smallest absolute Gasteiger partial charge is 0.146 e. The molecule has 0 N–H and O–H groups in total. The summed E-state index contributed by atoms with van der Waals surface area (Å²) in [7, 11) is 0. The lowest BCUT2D eigenvalue weighted by Gasteiger charge is -2.39. The Balaban J connectivity index is 1.66. The third kappa shape index (κ3) is 3.29. The molecule has 1 aliphatic carbocycles. The van der Waals surface area contributed by atoms with E-state index in [2.05, 4.69) is 36.6 Å². The first-order chi connectivity index (χ1) is 10.4. The Labute approximate surface area is 134 Å². The summed E-state index contributed by atoms with van der Waals surface area (Å²) in [6.07, 6.45) is 5.48. The van der Waals surface area contributed by atoms with Crippen LogP contribution in [0.3, 0.4) is 0 Å². The minimum absolute atomic E-state index is 0.000536. The lowest BCUT2D eigenvalue weighted by molar-refractivity contribution is 0.187. The summed E-state index contributed by atoms with van der Waals surface area (Å²) >= 11 is 0. The highest BCUT2D eigenvalue weighted by atomic mass is 19.1. The predicted molar refractivity (Wildman–Crippen MR) is 91.1 cm³/mol. The molecule has 0 aromatic heterocycles. The molecule has 1 aromatic carbocycles. The van der Waals surface area contributed by atoms with Gasteiger partial charge in [0.25, 0.3) is 0 Å². The standard InChI is InChI=1S/C19H29FN2/c1-19(2,3)15-8-9-18(17(20)14-15)22-12-10-21(11-13-22)16-6-4-5-7-16/h8-9,14,16H,4-7,10-13H2,1-3H3. The molecule has 2 nitrogen and oxygen atoms in total. The molecule has 0 radical (unpaired) electrons. The van der Waals surface area contributed by atoms with Crippen LogP contribution >= 0.6 is 0 Å². The third-order valence-electron chi connectivity index (χ3n) is 5.31. The van der Waals surface area contributed by atoms with Crippen LogP contribution in [0.25, 0.3) is 0 Å². The van der Waals surface area contributed by atoms with Gasteiger partial charge in [-0.2, -0.15) is 0 Å². The van der Waals surface area contributed by atoms with Crippen molar-refractivity contribution < 1.29 is 4.39 Å². The molecule has 0 amide bonds. The topological polar surface area (TPSA) is 6.48 Å². The van der Waals surface area contributed by atoms with Crippen LogP contribution in [0, 0.1) is 5.82 Å². The molecular formula is C19H29FN2. The van der Waals surface area contributed by atoms with E-state index < -0.39 is 0 Å². The molecule has 2 aliphatic rings. The van der Waals surface area contributed by atoms with Crippen molar-refractivity contribution in [1.82, 2.24) is 4.90 Å². The van der Waals surface area contributed by atoms with E-state index in [9.17, 15) is 4.39 Å². The summed E-state index contributed by atoms with van der Waals surface area (Å²) in [5, 5.41) is 0. The number of hydrogen-bond donors (Lipinski definition) is 0. The van der Waals surface area contributed by atoms with E-state index in [-0.39, 0.29) is 11.2 Å². The molecule has 1 aliphatic heterocycles. The number of piperazine rings is 1. The van der Waals surface area contributed by atoms with Gasteiger partial charge in [-0.25, -0.2) is 4.39 Å². The van der Waals surface area contributed by atoms with Crippen LogP contribution in [0.1, 0.15) is 52.0 Å². The first-order valence-corrected chi connectivity index (χ1v) is 8.74. The van der Waals surface area contributed by atoms with Crippen molar-refractivity contribution in [2.45, 2.75) is 57.9 Å². The summed E-state index contributed by atoms with van der Waals surface area (Å²) in [5.41, 5.74) is 1.85. The molecule has 1 saturated heterocycles. The van der Waals surface area contributed by atoms with Crippen molar-refractivity contribution in [2.75, 3.05) is 31.1 Å². The summed E-state index contributed by atoms with van der Waals surface area (Å²) in [6.45, 7) is 10.4. The minimum atomic E-state index is -0.0678. The lowest BCUT2D eigenvalue weighted by atomic mass is 9.87. The summed E-state index contributed by atoms with van der Waals surface area (Å²) in [5.74, 6) is -0.0678. The van der Waals surface area contributed by atoms with E-state index in [1.54, 1.807) is 6.07 Å². The van der Waals surface area contributed by atoms with Crippen LogP contribution in [0.15, 0.2) is 18.2 Å². The molecule has 0 bridgehead atoms. The Morgan fingerprint density at radius 1 is 1.00 bits per heavy atom. The van der Waals surface area contributed by atoms with Crippen molar-refractivity contribution in [2.24, 2.45) is 0 Å². The van der Waals surface area contributed by atoms with Gasteiger partial charge < -0.3 is 4.90 Å². The quantitative estimate of drug-likeness (QED) is 0.808. The number of halogens is 1. The Kier molecular flexibility index (Phi) is 4.44. The molecule has 1 aromatic rings. The maximum absolute atomic E-state index is 14.5. The molecule has 1 saturated carbocycles. The van der Waals surface area contributed by atoms with E-state index in [0.29, 0.717) is 0 Å². The monoisotopic (exact) mass is 304 g/mol. The van der Waals surface area contributed by atoms with Crippen LogP contribution < -0.4 is 4.90 Å². The van der Waals surface area contributed by atoms with Gasteiger partial charge in [-0.3, -0.25) is 4.90 Å². The molecule has 0 unspecified atom stereocenters. The zero-order chi connectivity index (χ0) is 15.7. The van der Waals surface area contributed by atoms with Crippen molar-refractivity contribution in [3.8, 4) is 0 Å². The molecular weight excluding hydrogens is 275 g/mol. The number of rotatable bonds is 2. The van der Waals surface area contributed by atoms with Crippen LogP contribution in [-0.2, 0) is 5.41 Å². The van der Waals surface area contributed by atoms with E-state index in [1.165, 1.54) is 25.7 Å². The average molecular weight is 304 g/mol. The first-order valence-electron chi connectivity index (χ1n) is 8.74. The van der Waals surface area contributed by atoms with Crippen molar-refractivity contribution in [1.29, 1.82) is 0 Å². The van der Waals surface area contributed by atoms with E-state index in [0.717, 1.165) is 43.5 Å². The Morgan fingerprint density at radius 3 is 2.18 bits per heavy atom. The summed E-state index contributed by atoms with van der Waals surface area (Å²) in [4.78, 5) is 4.83. The predicted octanol–water partition coefficient (Wildman–Crippen LogP) is 4.19. The van der Waals surface area contributed by atoms with Gasteiger partial charge in [-0.05, 0) is 36.0 Å². The fraction of sp³-hybridized carbons (Fsp3) is 0.684. The molecule has 122 valence electrons. The van der Waals surface area contributed by atoms with Crippen molar-refractivity contribution in [3.63, 3.8) is 0 Å². The van der Waals surface area contributed by atoms with Crippen LogP contribution in [-0.4, -0.2) is 37.1 Å². The van der Waals surface area contributed by atoms with Gasteiger partial charge in [0, 0.05) is 32.2 Å². The molecule has 3 heteroatoms. The zero-order valence-electron chi connectivity index (χ0n) is 14.2. The van der Waals surface area contributed by atoms with Gasteiger partial charge in [-0.1, -0.05) is 39.7 Å². The molecule has 0 spiro atoms. The average Bonchev–Trinajstić information content (AvgIpc) is 3.01. The summed E-state index contributed by atoms with van der Waals surface area (Å²) < 4.78 is 14.5. The number of nitrogens with zero attached hydrogens (tertiary/aromatic N) is 2. The second-order valence-electron chi connectivity index (χ2n) is 7.88. The molecule has 1 heterocycles. The maximum Gasteiger partial charge on any atom is 0.146 e. The van der Waals surface area contributed by atoms with Gasteiger partial charge in [-0.15, -0.1) is 0 Å². The Morgan fingerprint density at radius 2 is 1.64 bits per heavy atom. The van der Waals surface area contributed by atoms with E-state index in [1.807, 2.05) is 6.07 Å². The normalized spacial score (nSPS) is 21.5. The second kappa shape index (κ2) is 6.19. The molecule has 22 heavy (non-hydrogen) atoms. The highest BCUT2D eigenvalue weighted by Crippen LogP contribution is 2.29. The van der Waals surface area contributed by atoms with Crippen LogP contribution in [0.4, 0.5) is 10.1 Å². The van der Waals surface area contributed by atoms with E-state index in [4.69, 9.17) is 0 Å². The van der Waals surface area contributed by atoms with Crippen molar-refractivity contribution in [3.05, 3.63) is 29.6 Å². The second-order valence-corrected chi connectivity index (χ2v) is 7.88. The fourth-order valence-corrected chi connectivity index (χ4v) is 3.83. The SMILES string of the molecule is CC(C)(C)c1ccc(N2CCN(C3CCCC3)CC2)c(F)c1. The number of benzene rings is 1. The third-order valence-corrected chi connectivity index (χ3v) is 5.31. The molecule has 2 fully saturated rings. The zero-order valence-corrected chi connectivity index (χ0v) is 14.2. The molecule has 3 rings (SSSR count). The summed E-state index contributed by atoms with van der Waals surface area (Å²) in [6, 6.07) is 6.57. The van der Waals surface area contributed by atoms with Gasteiger partial charge >= 0.3 is 0 Å². The largest absolute Gasteiger partial charge is 0.367 e. The molecule has 0 atom stereocenters. The highest BCUT2D eigenvalue weighted by Gasteiger charge is 2.27. The maximum atomic E-state index is 14.5.